The molecule has 2 heteroatoms. The molecule has 0 aliphatic heterocycles. The molecule has 2 N–H and O–H groups in total. The van der Waals surface area contributed by atoms with Crippen LogP contribution in [0.1, 0.15) is 25.7 Å². The van der Waals surface area contributed by atoms with Crippen LogP contribution in [0.3, 0.4) is 0 Å². The van der Waals surface area contributed by atoms with Crippen LogP contribution in [0.25, 0.3) is 0 Å². The molecule has 0 heterocycles. The van der Waals surface area contributed by atoms with Crippen LogP contribution in [0.2, 0.25) is 0 Å². The molecule has 1 fully saturated rings. The summed E-state index contributed by atoms with van der Waals surface area (Å²) in [5.41, 5.74) is 5.44. The minimum Gasteiger partial charge on any atom is -0.329 e. The van der Waals surface area contributed by atoms with E-state index >= 15 is 0 Å². The molecular formula is C8H14N2. The van der Waals surface area contributed by atoms with E-state index in [1.54, 1.807) is 0 Å². The first-order valence-corrected chi connectivity index (χ1v) is 3.98. The van der Waals surface area contributed by atoms with Crippen molar-refractivity contribution in [2.24, 2.45) is 17.6 Å². The lowest BCUT2D eigenvalue weighted by Crippen LogP contribution is -2.19. The lowest BCUT2D eigenvalue weighted by Gasteiger charge is -2.12. The molecule has 0 amide bonds. The fourth-order valence-corrected chi connectivity index (χ4v) is 1.71. The maximum absolute atomic E-state index is 8.66. The van der Waals surface area contributed by atoms with Gasteiger partial charge in [0.05, 0.1) is 12.0 Å². The van der Waals surface area contributed by atoms with Gasteiger partial charge in [0.2, 0.25) is 0 Å². The van der Waals surface area contributed by atoms with Crippen molar-refractivity contribution in [2.45, 2.75) is 25.7 Å². The van der Waals surface area contributed by atoms with Gasteiger partial charge in [-0.3, -0.25) is 0 Å². The molecule has 56 valence electrons. The van der Waals surface area contributed by atoms with Crippen LogP contribution in [0.15, 0.2) is 0 Å². The lowest BCUT2D eigenvalue weighted by molar-refractivity contribution is 0.421. The largest absolute Gasteiger partial charge is 0.329 e. The Kier molecular flexibility index (Phi) is 2.70. The third-order valence-corrected chi connectivity index (χ3v) is 2.39. The Morgan fingerprint density at radius 3 is 2.50 bits per heavy atom. The molecule has 1 saturated carbocycles. The summed E-state index contributed by atoms with van der Waals surface area (Å²) in [6.45, 7) is 0.543. The van der Waals surface area contributed by atoms with Gasteiger partial charge < -0.3 is 5.73 Å². The molecule has 1 aliphatic carbocycles. The third-order valence-electron chi connectivity index (χ3n) is 2.39. The van der Waals surface area contributed by atoms with Gasteiger partial charge in [0.25, 0.3) is 0 Å². The van der Waals surface area contributed by atoms with E-state index in [0.29, 0.717) is 12.5 Å². The van der Waals surface area contributed by atoms with E-state index in [-0.39, 0.29) is 5.92 Å². The Morgan fingerprint density at radius 2 is 2.10 bits per heavy atom. The van der Waals surface area contributed by atoms with E-state index < -0.39 is 0 Å². The molecule has 1 rings (SSSR count). The number of nitrogens with zero attached hydrogens (tertiary/aromatic N) is 1. The Morgan fingerprint density at radius 1 is 1.50 bits per heavy atom. The molecule has 0 bridgehead atoms. The number of rotatable bonds is 2. The summed E-state index contributed by atoms with van der Waals surface area (Å²) in [6, 6.07) is 2.27. The molecule has 0 saturated heterocycles. The fraction of sp³-hybridized carbons (Fsp3) is 0.875. The van der Waals surface area contributed by atoms with Crippen molar-refractivity contribution >= 4 is 0 Å². The maximum Gasteiger partial charge on any atom is 0.0672 e. The molecule has 1 atom stereocenters. The zero-order valence-corrected chi connectivity index (χ0v) is 6.21. The van der Waals surface area contributed by atoms with Crippen molar-refractivity contribution < 1.29 is 0 Å². The standard InChI is InChI=1S/C8H14N2/c9-5-8(6-10)7-3-1-2-4-7/h7-8H,1-5,9H2. The molecule has 10 heavy (non-hydrogen) atoms. The van der Waals surface area contributed by atoms with E-state index in [0.717, 1.165) is 0 Å². The van der Waals surface area contributed by atoms with Crippen LogP contribution in [0.5, 0.6) is 0 Å². The van der Waals surface area contributed by atoms with Gasteiger partial charge in [0.1, 0.15) is 0 Å². The highest BCUT2D eigenvalue weighted by Crippen LogP contribution is 2.30. The zero-order valence-electron chi connectivity index (χ0n) is 6.21. The van der Waals surface area contributed by atoms with E-state index in [1.807, 2.05) is 0 Å². The van der Waals surface area contributed by atoms with Gasteiger partial charge in [-0.1, -0.05) is 12.8 Å². The highest BCUT2D eigenvalue weighted by Gasteiger charge is 2.23. The smallest absolute Gasteiger partial charge is 0.0672 e. The first-order valence-electron chi connectivity index (χ1n) is 3.98. The summed E-state index contributed by atoms with van der Waals surface area (Å²) >= 11 is 0. The third kappa shape index (κ3) is 1.48. The van der Waals surface area contributed by atoms with Gasteiger partial charge in [-0.25, -0.2) is 0 Å². The number of nitrogens with two attached hydrogens (primary N) is 1. The second-order valence-electron chi connectivity index (χ2n) is 3.02. The van der Waals surface area contributed by atoms with Crippen molar-refractivity contribution in [1.29, 1.82) is 5.26 Å². The van der Waals surface area contributed by atoms with E-state index in [1.165, 1.54) is 25.7 Å². The second kappa shape index (κ2) is 3.58. The van der Waals surface area contributed by atoms with Crippen LogP contribution >= 0.6 is 0 Å². The van der Waals surface area contributed by atoms with E-state index in [2.05, 4.69) is 6.07 Å². The Hall–Kier alpha value is -0.550. The van der Waals surface area contributed by atoms with Crippen molar-refractivity contribution in [3.05, 3.63) is 0 Å². The topological polar surface area (TPSA) is 49.8 Å². The lowest BCUT2D eigenvalue weighted by atomic mass is 9.92. The fourth-order valence-electron chi connectivity index (χ4n) is 1.71. The molecule has 1 aliphatic rings. The molecular weight excluding hydrogens is 124 g/mol. The van der Waals surface area contributed by atoms with Crippen molar-refractivity contribution in [1.82, 2.24) is 0 Å². The second-order valence-corrected chi connectivity index (χ2v) is 3.02. The monoisotopic (exact) mass is 138 g/mol. The minimum atomic E-state index is 0.127. The molecule has 0 aromatic rings. The maximum atomic E-state index is 8.66. The van der Waals surface area contributed by atoms with Crippen molar-refractivity contribution in [3.8, 4) is 6.07 Å². The average molecular weight is 138 g/mol. The molecule has 0 aromatic heterocycles. The Labute approximate surface area is 62.0 Å². The minimum absolute atomic E-state index is 0.127. The summed E-state index contributed by atoms with van der Waals surface area (Å²) in [6.07, 6.45) is 5.02. The predicted octanol–water partition coefficient (Wildman–Crippen LogP) is 1.28. The molecule has 1 unspecified atom stereocenters. The van der Waals surface area contributed by atoms with Gasteiger partial charge in [0, 0.05) is 6.54 Å². The summed E-state index contributed by atoms with van der Waals surface area (Å²) in [5, 5.41) is 8.66. The Balaban J connectivity index is 2.38. The predicted molar refractivity (Wildman–Crippen MR) is 40.1 cm³/mol. The number of nitriles is 1. The first-order chi connectivity index (χ1) is 4.88. The van der Waals surface area contributed by atoms with Crippen LogP contribution in [-0.4, -0.2) is 6.54 Å². The van der Waals surface area contributed by atoms with Crippen LogP contribution in [-0.2, 0) is 0 Å². The van der Waals surface area contributed by atoms with Gasteiger partial charge >= 0.3 is 0 Å². The Bertz CT molecular complexity index is 131. The number of hydrogen-bond acceptors (Lipinski definition) is 2. The summed E-state index contributed by atoms with van der Waals surface area (Å²) in [7, 11) is 0. The van der Waals surface area contributed by atoms with Crippen LogP contribution in [0, 0.1) is 23.2 Å². The van der Waals surface area contributed by atoms with E-state index in [4.69, 9.17) is 11.0 Å². The number of hydrogen-bond donors (Lipinski definition) is 1. The van der Waals surface area contributed by atoms with E-state index in [9.17, 15) is 0 Å². The highest BCUT2D eigenvalue weighted by molar-refractivity contribution is 4.90. The molecule has 0 radical (unpaired) electrons. The van der Waals surface area contributed by atoms with Gasteiger partial charge in [-0.2, -0.15) is 5.26 Å². The molecule has 0 spiro atoms. The van der Waals surface area contributed by atoms with Gasteiger partial charge in [-0.15, -0.1) is 0 Å². The SMILES string of the molecule is N#CC(CN)C1CCCC1. The van der Waals surface area contributed by atoms with Gasteiger partial charge in [-0.05, 0) is 18.8 Å². The molecule has 0 aromatic carbocycles. The highest BCUT2D eigenvalue weighted by atomic mass is 14.6. The first kappa shape index (κ1) is 7.56. The van der Waals surface area contributed by atoms with Crippen LogP contribution in [0.4, 0.5) is 0 Å². The summed E-state index contributed by atoms with van der Waals surface area (Å²) in [5.74, 6) is 0.734. The summed E-state index contributed by atoms with van der Waals surface area (Å²) < 4.78 is 0. The average Bonchev–Trinajstić information content (AvgIpc) is 2.43. The van der Waals surface area contributed by atoms with Gasteiger partial charge in [0.15, 0.2) is 0 Å². The van der Waals surface area contributed by atoms with Crippen LogP contribution < -0.4 is 5.73 Å². The quantitative estimate of drug-likeness (QED) is 0.624. The molecule has 2 nitrogen and oxygen atoms in total. The van der Waals surface area contributed by atoms with Crippen molar-refractivity contribution in [2.75, 3.05) is 6.54 Å². The normalized spacial score (nSPS) is 22.4. The summed E-state index contributed by atoms with van der Waals surface area (Å²) in [4.78, 5) is 0. The zero-order chi connectivity index (χ0) is 7.40. The van der Waals surface area contributed by atoms with Crippen molar-refractivity contribution in [3.63, 3.8) is 0 Å².